The third-order valence-corrected chi connectivity index (χ3v) is 8.18. The molecule has 0 unspecified atom stereocenters. The number of piperidine rings is 1. The normalized spacial score (nSPS) is 16.8. The lowest BCUT2D eigenvalue weighted by molar-refractivity contribution is 0.108. The van der Waals surface area contributed by atoms with Gasteiger partial charge in [0.15, 0.2) is 17.4 Å². The molecule has 5 rings (SSSR count). The van der Waals surface area contributed by atoms with Crippen molar-refractivity contribution in [3.63, 3.8) is 0 Å². The van der Waals surface area contributed by atoms with Gasteiger partial charge in [0.25, 0.3) is 0 Å². The van der Waals surface area contributed by atoms with E-state index in [0.29, 0.717) is 24.5 Å². The molecule has 230 valence electrons. The molecule has 0 saturated carbocycles. The van der Waals surface area contributed by atoms with Crippen molar-refractivity contribution in [3.8, 4) is 22.9 Å². The highest BCUT2D eigenvalue weighted by Gasteiger charge is 2.29. The highest BCUT2D eigenvalue weighted by atomic mass is 32.2. The van der Waals surface area contributed by atoms with Crippen LogP contribution in [0, 0.1) is 17.5 Å². The number of likely N-dealkylation sites (tertiary alicyclic amines) is 1. The average molecular weight is 629 g/mol. The number of ether oxygens (including phenoxy) is 1. The summed E-state index contributed by atoms with van der Waals surface area (Å²) in [5, 5.41) is 12.6. The Balaban J connectivity index is 1.36. The van der Waals surface area contributed by atoms with Gasteiger partial charge in [-0.1, -0.05) is 30.3 Å². The first-order chi connectivity index (χ1) is 21.0. The van der Waals surface area contributed by atoms with Crippen LogP contribution in [0.1, 0.15) is 25.3 Å². The van der Waals surface area contributed by atoms with Crippen molar-refractivity contribution in [1.29, 1.82) is 0 Å². The number of benzene rings is 2. The SMILES string of the molecule is C[C@H]1CC[C@H](Nc2nccc(-c3cccnc3Oc3cc(F)c(NS(=O)(=O)Cc4ccccc4)c(F)c3F)n2)CN1C(=O)O. The number of anilines is 2. The molecule has 0 aliphatic carbocycles. The van der Waals surface area contributed by atoms with Crippen LogP contribution in [0.4, 0.5) is 29.6 Å². The number of pyridine rings is 1. The summed E-state index contributed by atoms with van der Waals surface area (Å²) < 4.78 is 77.3. The Kier molecular flexibility index (Phi) is 8.85. The van der Waals surface area contributed by atoms with Gasteiger partial charge in [-0.15, -0.1) is 0 Å². The number of hydrogen-bond acceptors (Lipinski definition) is 8. The van der Waals surface area contributed by atoms with Crippen LogP contribution in [0.3, 0.4) is 0 Å². The summed E-state index contributed by atoms with van der Waals surface area (Å²) in [7, 11) is -4.29. The standard InChI is InChI=1S/C29H27F3N6O5S/c1-17-9-10-19(15-38(17)29(39)40)35-28-34-13-11-22(36-28)20-8-5-12-33-27(20)43-23-14-21(30)26(25(32)24(23)31)37-44(41,42)16-18-6-3-2-4-7-18/h2-8,11-14,17,19,37H,9-10,15-16H2,1H3,(H,39,40)(H,34,35,36)/t17-,19-/m0/s1. The van der Waals surface area contributed by atoms with Crippen molar-refractivity contribution in [1.82, 2.24) is 19.9 Å². The minimum atomic E-state index is -4.29. The molecular weight excluding hydrogens is 601 g/mol. The van der Waals surface area contributed by atoms with Gasteiger partial charge < -0.3 is 20.1 Å². The van der Waals surface area contributed by atoms with Crippen LogP contribution in [0.5, 0.6) is 11.6 Å². The fourth-order valence-corrected chi connectivity index (χ4v) is 5.95. The van der Waals surface area contributed by atoms with Crippen molar-refractivity contribution in [2.75, 3.05) is 16.6 Å². The molecule has 15 heteroatoms. The molecule has 1 aliphatic rings. The summed E-state index contributed by atoms with van der Waals surface area (Å²) in [6.45, 7) is 2.07. The molecule has 44 heavy (non-hydrogen) atoms. The first-order valence-corrected chi connectivity index (χ1v) is 15.1. The van der Waals surface area contributed by atoms with Crippen molar-refractivity contribution >= 4 is 27.8 Å². The molecule has 4 aromatic rings. The van der Waals surface area contributed by atoms with Crippen LogP contribution in [0.25, 0.3) is 11.3 Å². The maximum atomic E-state index is 15.1. The van der Waals surface area contributed by atoms with Gasteiger partial charge in [0.1, 0.15) is 5.69 Å². The third-order valence-electron chi connectivity index (χ3n) is 6.95. The van der Waals surface area contributed by atoms with Crippen LogP contribution in [-0.4, -0.2) is 58.1 Å². The first kappa shape index (κ1) is 30.5. The molecule has 1 fully saturated rings. The predicted molar refractivity (Wildman–Crippen MR) is 155 cm³/mol. The smallest absolute Gasteiger partial charge is 0.407 e. The zero-order valence-electron chi connectivity index (χ0n) is 23.2. The van der Waals surface area contributed by atoms with E-state index >= 15 is 4.39 Å². The topological polar surface area (TPSA) is 147 Å². The molecule has 3 N–H and O–H groups in total. The highest BCUT2D eigenvalue weighted by molar-refractivity contribution is 7.91. The highest BCUT2D eigenvalue weighted by Crippen LogP contribution is 2.36. The average Bonchev–Trinajstić information content (AvgIpc) is 2.99. The van der Waals surface area contributed by atoms with E-state index in [-0.39, 0.29) is 41.7 Å². The number of carbonyl (C=O) groups is 1. The Hall–Kier alpha value is -4.92. The van der Waals surface area contributed by atoms with Crippen molar-refractivity contribution in [2.45, 2.75) is 37.6 Å². The van der Waals surface area contributed by atoms with Gasteiger partial charge in [-0.25, -0.2) is 36.9 Å². The zero-order valence-corrected chi connectivity index (χ0v) is 24.1. The lowest BCUT2D eigenvalue weighted by Crippen LogP contribution is -2.49. The van der Waals surface area contributed by atoms with E-state index in [4.69, 9.17) is 4.74 Å². The molecule has 3 heterocycles. The van der Waals surface area contributed by atoms with Crippen LogP contribution >= 0.6 is 0 Å². The van der Waals surface area contributed by atoms with Crippen molar-refractivity contribution in [3.05, 3.63) is 90.0 Å². The van der Waals surface area contributed by atoms with E-state index in [9.17, 15) is 27.1 Å². The minimum absolute atomic E-state index is 0.119. The zero-order chi connectivity index (χ0) is 31.4. The Bertz CT molecular complexity index is 1780. The second-order valence-electron chi connectivity index (χ2n) is 10.1. The maximum absolute atomic E-state index is 15.1. The van der Waals surface area contributed by atoms with Gasteiger partial charge in [0.2, 0.25) is 27.7 Å². The Morgan fingerprint density at radius 3 is 2.57 bits per heavy atom. The largest absolute Gasteiger partial charge is 0.465 e. The second kappa shape index (κ2) is 12.8. The quantitative estimate of drug-likeness (QED) is 0.201. The summed E-state index contributed by atoms with van der Waals surface area (Å²) in [4.78, 5) is 25.6. The van der Waals surface area contributed by atoms with Gasteiger partial charge in [-0.2, -0.15) is 4.39 Å². The molecule has 0 spiro atoms. The molecular formula is C29H27F3N6O5S. The first-order valence-electron chi connectivity index (χ1n) is 13.4. The van der Waals surface area contributed by atoms with Crippen LogP contribution in [0.15, 0.2) is 67.0 Å². The number of nitrogens with one attached hydrogen (secondary N) is 2. The molecule has 1 amide bonds. The Morgan fingerprint density at radius 2 is 1.82 bits per heavy atom. The van der Waals surface area contributed by atoms with Crippen LogP contribution in [0.2, 0.25) is 0 Å². The van der Waals surface area contributed by atoms with E-state index in [0.717, 1.165) is 0 Å². The number of sulfonamides is 1. The van der Waals surface area contributed by atoms with Gasteiger partial charge in [-0.05, 0) is 43.5 Å². The number of hydrogen-bond donors (Lipinski definition) is 3. The number of halogens is 3. The van der Waals surface area contributed by atoms with Gasteiger partial charge in [0, 0.05) is 37.1 Å². The Labute approximate surface area is 250 Å². The molecule has 0 bridgehead atoms. The lowest BCUT2D eigenvalue weighted by atomic mass is 10.00. The fraction of sp³-hybridized carbons (Fsp3) is 0.241. The lowest BCUT2D eigenvalue weighted by Gasteiger charge is -2.36. The van der Waals surface area contributed by atoms with Crippen LogP contribution in [-0.2, 0) is 15.8 Å². The third kappa shape index (κ3) is 6.99. The predicted octanol–water partition coefficient (Wildman–Crippen LogP) is 5.63. The summed E-state index contributed by atoms with van der Waals surface area (Å²) in [6.07, 6.45) is 3.08. The van der Waals surface area contributed by atoms with E-state index in [1.165, 1.54) is 35.5 Å². The fourth-order valence-electron chi connectivity index (χ4n) is 4.75. The molecule has 1 saturated heterocycles. The minimum Gasteiger partial charge on any atom is -0.465 e. The molecule has 2 aromatic carbocycles. The van der Waals surface area contributed by atoms with Crippen molar-refractivity contribution in [2.24, 2.45) is 0 Å². The monoisotopic (exact) mass is 628 g/mol. The van der Waals surface area contributed by atoms with E-state index in [2.05, 4.69) is 20.3 Å². The van der Waals surface area contributed by atoms with E-state index in [1.54, 1.807) is 35.1 Å². The van der Waals surface area contributed by atoms with E-state index in [1.807, 2.05) is 6.92 Å². The number of amides is 1. The van der Waals surface area contributed by atoms with Crippen LogP contribution < -0.4 is 14.8 Å². The van der Waals surface area contributed by atoms with Gasteiger partial charge >= 0.3 is 6.09 Å². The van der Waals surface area contributed by atoms with Gasteiger partial charge in [0.05, 0.1) is 17.0 Å². The van der Waals surface area contributed by atoms with Crippen molar-refractivity contribution < 1.29 is 36.2 Å². The summed E-state index contributed by atoms with van der Waals surface area (Å²) in [6, 6.07) is 12.7. The number of rotatable bonds is 9. The van der Waals surface area contributed by atoms with Gasteiger partial charge in [-0.3, -0.25) is 4.72 Å². The molecule has 1 aliphatic heterocycles. The summed E-state index contributed by atoms with van der Waals surface area (Å²) in [5.74, 6) is -6.34. The molecule has 11 nitrogen and oxygen atoms in total. The molecule has 2 atom stereocenters. The summed E-state index contributed by atoms with van der Waals surface area (Å²) in [5.41, 5.74) is -0.313. The van der Waals surface area contributed by atoms with E-state index < -0.39 is 50.8 Å². The molecule has 2 aromatic heterocycles. The number of nitrogens with zero attached hydrogens (tertiary/aromatic N) is 4. The number of carboxylic acid groups (broad SMARTS) is 1. The molecule has 0 radical (unpaired) electrons. The maximum Gasteiger partial charge on any atom is 0.407 e. The second-order valence-corrected chi connectivity index (χ2v) is 11.9. The number of aromatic nitrogens is 3. The summed E-state index contributed by atoms with van der Waals surface area (Å²) >= 11 is 0. The Morgan fingerprint density at radius 1 is 1.05 bits per heavy atom.